The fraction of sp³-hybridized carbons (Fsp3) is 0.240. The van der Waals surface area contributed by atoms with Crippen molar-refractivity contribution in [2.24, 2.45) is 5.41 Å². The molecular weight excluding hydrogens is 492 g/mol. The third kappa shape index (κ3) is 3.51. The number of pyridine rings is 1. The maximum Gasteiger partial charge on any atom is 0.309 e. The molecule has 0 spiro atoms. The molecule has 5 nitrogen and oxygen atoms in total. The van der Waals surface area contributed by atoms with Crippen molar-refractivity contribution in [2.75, 3.05) is 0 Å². The molecule has 7 heteroatoms. The Morgan fingerprint density at radius 2 is 1.84 bits per heavy atom. The predicted octanol–water partition coefficient (Wildman–Crippen LogP) is 6.35. The molecule has 162 valence electrons. The van der Waals surface area contributed by atoms with E-state index < -0.39 is 11.4 Å². The highest BCUT2D eigenvalue weighted by atomic mass is 79.9. The van der Waals surface area contributed by atoms with Gasteiger partial charge in [0.2, 0.25) is 0 Å². The third-order valence-electron chi connectivity index (χ3n) is 6.62. The van der Waals surface area contributed by atoms with Gasteiger partial charge in [-0.15, -0.1) is 0 Å². The summed E-state index contributed by atoms with van der Waals surface area (Å²) in [5.41, 5.74) is 3.63. The monoisotopic (exact) mass is 510 g/mol. The van der Waals surface area contributed by atoms with Crippen molar-refractivity contribution in [3.8, 4) is 11.3 Å². The average molecular weight is 512 g/mol. The van der Waals surface area contributed by atoms with Crippen LogP contribution in [0.15, 0.2) is 64.3 Å². The van der Waals surface area contributed by atoms with Crippen LogP contribution in [0.3, 0.4) is 0 Å². The van der Waals surface area contributed by atoms with Crippen LogP contribution in [0.2, 0.25) is 5.02 Å². The number of carboxylic acid groups (broad SMARTS) is 1. The summed E-state index contributed by atoms with van der Waals surface area (Å²) >= 11 is 10.3. The van der Waals surface area contributed by atoms with Gasteiger partial charge in [0.25, 0.3) is 5.91 Å². The van der Waals surface area contributed by atoms with Gasteiger partial charge >= 0.3 is 5.97 Å². The normalized spacial score (nSPS) is 19.9. The number of rotatable bonds is 4. The zero-order valence-electron chi connectivity index (χ0n) is 17.1. The van der Waals surface area contributed by atoms with E-state index in [9.17, 15) is 14.7 Å². The summed E-state index contributed by atoms with van der Waals surface area (Å²) in [4.78, 5) is 30.0. The van der Waals surface area contributed by atoms with Crippen molar-refractivity contribution in [1.29, 1.82) is 0 Å². The molecular formula is C25H20BrClN2O3. The van der Waals surface area contributed by atoms with Gasteiger partial charge in [0.15, 0.2) is 0 Å². The molecule has 2 aliphatic carbocycles. The maximum absolute atomic E-state index is 13.5. The Hall–Kier alpha value is -2.70. The summed E-state index contributed by atoms with van der Waals surface area (Å²) in [6, 6.07) is 15.1. The lowest BCUT2D eigenvalue weighted by Crippen LogP contribution is -2.33. The molecule has 1 aromatic heterocycles. The van der Waals surface area contributed by atoms with Crippen molar-refractivity contribution in [2.45, 2.75) is 32.1 Å². The van der Waals surface area contributed by atoms with Crippen LogP contribution in [0, 0.1) is 5.41 Å². The van der Waals surface area contributed by atoms with E-state index in [2.05, 4.69) is 21.2 Å². The zero-order chi connectivity index (χ0) is 22.5. The number of fused-ring (bicyclic) bond motifs is 3. The fourth-order valence-corrected chi connectivity index (χ4v) is 5.55. The molecule has 1 atom stereocenters. The zero-order valence-corrected chi connectivity index (χ0v) is 19.5. The minimum absolute atomic E-state index is 0.296. The van der Waals surface area contributed by atoms with Gasteiger partial charge in [-0.3, -0.25) is 9.59 Å². The van der Waals surface area contributed by atoms with Crippen LogP contribution < -0.4 is 5.32 Å². The Morgan fingerprint density at radius 1 is 1.09 bits per heavy atom. The molecule has 3 aromatic rings. The van der Waals surface area contributed by atoms with E-state index in [0.29, 0.717) is 59.3 Å². The second-order valence-electron chi connectivity index (χ2n) is 8.48. The molecule has 1 fully saturated rings. The first kappa shape index (κ1) is 21.2. The van der Waals surface area contributed by atoms with Crippen LogP contribution in [0.5, 0.6) is 0 Å². The lowest BCUT2D eigenvalue weighted by atomic mass is 9.78. The minimum atomic E-state index is -0.738. The number of benzene rings is 2. The predicted molar refractivity (Wildman–Crippen MR) is 128 cm³/mol. The molecule has 2 N–H and O–H groups in total. The highest BCUT2D eigenvalue weighted by Crippen LogP contribution is 2.50. The quantitative estimate of drug-likeness (QED) is 0.428. The van der Waals surface area contributed by atoms with Crippen molar-refractivity contribution in [1.82, 2.24) is 10.3 Å². The number of halogens is 2. The number of hydrogen-bond donors (Lipinski definition) is 2. The van der Waals surface area contributed by atoms with E-state index in [-0.39, 0.29) is 5.91 Å². The molecule has 1 amide bonds. The molecule has 0 aliphatic heterocycles. The summed E-state index contributed by atoms with van der Waals surface area (Å²) in [5.74, 6) is -1.03. The van der Waals surface area contributed by atoms with E-state index in [1.165, 1.54) is 0 Å². The molecule has 0 saturated heterocycles. The minimum Gasteiger partial charge on any atom is -0.481 e. The van der Waals surface area contributed by atoms with Crippen LogP contribution in [0.1, 0.15) is 42.5 Å². The molecule has 2 bridgehead atoms. The van der Waals surface area contributed by atoms with Crippen molar-refractivity contribution < 1.29 is 14.7 Å². The van der Waals surface area contributed by atoms with Gasteiger partial charge in [-0.25, -0.2) is 4.98 Å². The number of nitrogens with zero attached hydrogens (tertiary/aromatic N) is 1. The number of aliphatic carboxylic acids is 1. The van der Waals surface area contributed by atoms with Crippen LogP contribution >= 0.6 is 27.5 Å². The molecule has 32 heavy (non-hydrogen) atoms. The summed E-state index contributed by atoms with van der Waals surface area (Å²) in [5, 5.41) is 13.7. The van der Waals surface area contributed by atoms with E-state index in [4.69, 9.17) is 16.6 Å². The van der Waals surface area contributed by atoms with Gasteiger partial charge in [-0.05, 0) is 55.9 Å². The third-order valence-corrected chi connectivity index (χ3v) is 7.48. The van der Waals surface area contributed by atoms with Gasteiger partial charge in [-0.2, -0.15) is 0 Å². The lowest BCUT2D eigenvalue weighted by molar-refractivity contribution is -0.149. The highest BCUT2D eigenvalue weighted by Gasteiger charge is 2.46. The summed E-state index contributed by atoms with van der Waals surface area (Å²) < 4.78 is 0.825. The molecule has 2 aromatic carbocycles. The number of hydrogen-bond acceptors (Lipinski definition) is 3. The number of nitrogens with one attached hydrogen (secondary N) is 1. The van der Waals surface area contributed by atoms with Crippen LogP contribution in [0.4, 0.5) is 0 Å². The number of carbonyl (C=O) groups is 2. The van der Waals surface area contributed by atoms with Gasteiger partial charge < -0.3 is 10.4 Å². The number of aromatic nitrogens is 1. The van der Waals surface area contributed by atoms with E-state index in [0.717, 1.165) is 21.3 Å². The van der Waals surface area contributed by atoms with Gasteiger partial charge in [0, 0.05) is 21.1 Å². The molecule has 1 heterocycles. The first-order valence-electron chi connectivity index (χ1n) is 10.5. The highest BCUT2D eigenvalue weighted by molar-refractivity contribution is 9.10. The number of carbonyl (C=O) groups excluding carboxylic acids is 1. The Labute approximate surface area is 198 Å². The van der Waals surface area contributed by atoms with Gasteiger partial charge in [-0.1, -0.05) is 57.9 Å². The van der Waals surface area contributed by atoms with Gasteiger partial charge in [0.05, 0.1) is 27.2 Å². The Bertz CT molecular complexity index is 1310. The van der Waals surface area contributed by atoms with E-state index >= 15 is 0 Å². The Kier molecular flexibility index (Phi) is 5.30. The molecule has 5 rings (SSSR count). The summed E-state index contributed by atoms with van der Waals surface area (Å²) in [6.45, 7) is 0. The first-order chi connectivity index (χ1) is 15.4. The second-order valence-corrected chi connectivity index (χ2v) is 9.77. The Morgan fingerprint density at radius 3 is 2.59 bits per heavy atom. The lowest BCUT2D eigenvalue weighted by Gasteiger charge is -2.28. The molecule has 1 unspecified atom stereocenters. The maximum atomic E-state index is 13.5. The SMILES string of the molecule is O=C(NC1=C2CCC(C(=O)O)(CC1)C2)c1c(Cl)c(-c2ccccc2)nc2ccc(Br)cc12. The molecule has 1 saturated carbocycles. The Balaban J connectivity index is 1.59. The van der Waals surface area contributed by atoms with E-state index in [1.54, 1.807) is 0 Å². The smallest absolute Gasteiger partial charge is 0.309 e. The number of allylic oxidation sites excluding steroid dienone is 2. The fourth-order valence-electron chi connectivity index (χ4n) is 4.85. The van der Waals surface area contributed by atoms with Gasteiger partial charge in [0.1, 0.15) is 0 Å². The largest absolute Gasteiger partial charge is 0.481 e. The van der Waals surface area contributed by atoms with Crippen LogP contribution in [-0.2, 0) is 4.79 Å². The number of carboxylic acids is 1. The van der Waals surface area contributed by atoms with Crippen LogP contribution in [0.25, 0.3) is 22.2 Å². The number of amides is 1. The first-order valence-corrected chi connectivity index (χ1v) is 11.6. The summed E-state index contributed by atoms with van der Waals surface area (Å²) in [7, 11) is 0. The standard InChI is InChI=1S/C25H20BrClN2O3/c26-16-6-7-19-17(12-16)20(21(27)22(28-19)14-4-2-1-3-5-14)23(30)29-18-9-11-25(24(31)32)10-8-15(18)13-25/h1-7,12H,8-11,13H2,(H,29,30)(H,31,32). The molecule has 0 radical (unpaired) electrons. The average Bonchev–Trinajstić information content (AvgIpc) is 3.15. The topological polar surface area (TPSA) is 79.3 Å². The summed E-state index contributed by atoms with van der Waals surface area (Å²) in [6.07, 6.45) is 2.91. The van der Waals surface area contributed by atoms with Crippen molar-refractivity contribution >= 4 is 50.3 Å². The van der Waals surface area contributed by atoms with E-state index in [1.807, 2.05) is 48.5 Å². The van der Waals surface area contributed by atoms with Crippen molar-refractivity contribution in [3.63, 3.8) is 0 Å². The van der Waals surface area contributed by atoms with Crippen LogP contribution in [-0.4, -0.2) is 22.0 Å². The second kappa shape index (κ2) is 8.01. The van der Waals surface area contributed by atoms with Crippen molar-refractivity contribution in [3.05, 3.63) is 74.9 Å². The molecule has 2 aliphatic rings.